The van der Waals surface area contributed by atoms with E-state index < -0.39 is 0 Å². The Kier molecular flexibility index (Phi) is 4.18. The fraction of sp³-hybridized carbons (Fsp3) is 0.333. The summed E-state index contributed by atoms with van der Waals surface area (Å²) in [6, 6.07) is 9.23. The number of nitrogens with zero attached hydrogens (tertiary/aromatic N) is 3. The van der Waals surface area contributed by atoms with E-state index in [-0.39, 0.29) is 11.8 Å². The molecule has 0 unspecified atom stereocenters. The van der Waals surface area contributed by atoms with Gasteiger partial charge in [-0.25, -0.2) is 0 Å². The van der Waals surface area contributed by atoms with E-state index in [0.29, 0.717) is 17.8 Å². The number of hydrogen-bond donors (Lipinski definition) is 0. The Morgan fingerprint density at radius 1 is 0.875 bits per heavy atom. The van der Waals surface area contributed by atoms with E-state index >= 15 is 0 Å². The highest BCUT2D eigenvalue weighted by Crippen LogP contribution is 2.23. The lowest BCUT2D eigenvalue weighted by molar-refractivity contribution is 0.0448. The summed E-state index contributed by atoms with van der Waals surface area (Å²) >= 11 is 1.73. The molecule has 0 aliphatic carbocycles. The third kappa shape index (κ3) is 2.88. The molecule has 2 aliphatic heterocycles. The summed E-state index contributed by atoms with van der Waals surface area (Å²) in [4.78, 5) is 30.8. The van der Waals surface area contributed by atoms with Crippen LogP contribution >= 0.6 is 11.3 Å². The standard InChI is InChI=1S/C18H19N3O2S/c22-17-15-3-1-2-4-16(15)18(23)21(17)13-20-8-6-19(7-9-20)11-14-5-10-24-12-14/h1-5,10,12H,6-9,11,13H2. The Hall–Kier alpha value is -2.02. The van der Waals surface area contributed by atoms with Crippen molar-refractivity contribution in [1.82, 2.24) is 14.7 Å². The molecule has 0 bridgehead atoms. The number of benzene rings is 1. The lowest BCUT2D eigenvalue weighted by Crippen LogP contribution is -2.50. The maximum absolute atomic E-state index is 12.4. The topological polar surface area (TPSA) is 43.9 Å². The van der Waals surface area contributed by atoms with Crippen LogP contribution in [0.4, 0.5) is 0 Å². The van der Waals surface area contributed by atoms with Gasteiger partial charge in [0.15, 0.2) is 0 Å². The van der Waals surface area contributed by atoms with Crippen LogP contribution in [0.25, 0.3) is 0 Å². The van der Waals surface area contributed by atoms with E-state index in [1.807, 2.05) is 0 Å². The van der Waals surface area contributed by atoms with Crippen LogP contribution in [-0.2, 0) is 6.54 Å². The van der Waals surface area contributed by atoms with Crippen LogP contribution < -0.4 is 0 Å². The van der Waals surface area contributed by atoms with Gasteiger partial charge in [0.25, 0.3) is 11.8 Å². The van der Waals surface area contributed by atoms with Gasteiger partial charge in [-0.15, -0.1) is 0 Å². The summed E-state index contributed by atoms with van der Waals surface area (Å²) in [5.74, 6) is -0.340. The van der Waals surface area contributed by atoms with E-state index in [1.54, 1.807) is 35.6 Å². The van der Waals surface area contributed by atoms with Crippen LogP contribution in [0.1, 0.15) is 26.3 Å². The Bertz CT molecular complexity index is 716. The van der Waals surface area contributed by atoms with Crippen LogP contribution in [0.15, 0.2) is 41.1 Å². The van der Waals surface area contributed by atoms with Gasteiger partial charge in [0, 0.05) is 32.7 Å². The molecule has 4 rings (SSSR count). The number of carbonyl (C=O) groups is 2. The highest BCUT2D eigenvalue weighted by atomic mass is 32.1. The van der Waals surface area contributed by atoms with Crippen molar-refractivity contribution in [2.45, 2.75) is 6.54 Å². The molecular weight excluding hydrogens is 322 g/mol. The predicted octanol–water partition coefficient (Wildman–Crippen LogP) is 2.12. The maximum Gasteiger partial charge on any atom is 0.262 e. The smallest absolute Gasteiger partial charge is 0.262 e. The lowest BCUT2D eigenvalue weighted by Gasteiger charge is -2.36. The molecule has 24 heavy (non-hydrogen) atoms. The maximum atomic E-state index is 12.4. The molecule has 0 N–H and O–H groups in total. The highest BCUT2D eigenvalue weighted by Gasteiger charge is 2.36. The first-order valence-electron chi connectivity index (χ1n) is 8.13. The number of carbonyl (C=O) groups excluding carboxylic acids is 2. The van der Waals surface area contributed by atoms with Crippen molar-refractivity contribution in [2.24, 2.45) is 0 Å². The molecule has 5 nitrogen and oxygen atoms in total. The molecular formula is C18H19N3O2S. The van der Waals surface area contributed by atoms with Crippen molar-refractivity contribution < 1.29 is 9.59 Å². The molecule has 1 aromatic carbocycles. The average molecular weight is 341 g/mol. The van der Waals surface area contributed by atoms with Crippen molar-refractivity contribution in [2.75, 3.05) is 32.8 Å². The molecule has 2 amide bonds. The van der Waals surface area contributed by atoms with Gasteiger partial charge in [0.05, 0.1) is 17.8 Å². The number of thiophene rings is 1. The largest absolute Gasteiger partial charge is 0.297 e. The molecule has 1 fully saturated rings. The molecule has 3 heterocycles. The summed E-state index contributed by atoms with van der Waals surface area (Å²) in [6.45, 7) is 5.02. The second-order valence-corrected chi connectivity index (χ2v) is 7.03. The normalized spacial score (nSPS) is 19.1. The van der Waals surface area contributed by atoms with E-state index in [1.165, 1.54) is 10.5 Å². The molecule has 0 radical (unpaired) electrons. The molecule has 0 atom stereocenters. The molecule has 2 aromatic rings. The zero-order valence-corrected chi connectivity index (χ0v) is 14.2. The lowest BCUT2D eigenvalue weighted by atomic mass is 10.1. The Balaban J connectivity index is 1.35. The summed E-state index contributed by atoms with van der Waals surface area (Å²) < 4.78 is 0. The summed E-state index contributed by atoms with van der Waals surface area (Å²) in [5.41, 5.74) is 2.41. The van der Waals surface area contributed by atoms with Crippen molar-refractivity contribution in [3.8, 4) is 0 Å². The van der Waals surface area contributed by atoms with Gasteiger partial charge in [0.2, 0.25) is 0 Å². The van der Waals surface area contributed by atoms with Crippen molar-refractivity contribution in [3.63, 3.8) is 0 Å². The summed E-state index contributed by atoms with van der Waals surface area (Å²) in [7, 11) is 0. The summed E-state index contributed by atoms with van der Waals surface area (Å²) in [5, 5.41) is 4.29. The van der Waals surface area contributed by atoms with Gasteiger partial charge < -0.3 is 0 Å². The first kappa shape index (κ1) is 15.5. The third-order valence-electron chi connectivity index (χ3n) is 4.67. The Labute approximate surface area is 145 Å². The third-order valence-corrected chi connectivity index (χ3v) is 5.40. The zero-order valence-electron chi connectivity index (χ0n) is 13.4. The van der Waals surface area contributed by atoms with Crippen LogP contribution in [-0.4, -0.2) is 59.4 Å². The van der Waals surface area contributed by atoms with E-state index in [9.17, 15) is 9.59 Å². The van der Waals surface area contributed by atoms with Crippen molar-refractivity contribution in [1.29, 1.82) is 0 Å². The van der Waals surface area contributed by atoms with E-state index in [4.69, 9.17) is 0 Å². The van der Waals surface area contributed by atoms with Gasteiger partial charge >= 0.3 is 0 Å². The first-order chi connectivity index (χ1) is 11.7. The minimum absolute atomic E-state index is 0.170. The van der Waals surface area contributed by atoms with Crippen LogP contribution in [0.3, 0.4) is 0 Å². The molecule has 124 valence electrons. The number of piperazine rings is 1. The number of hydrogen-bond acceptors (Lipinski definition) is 5. The van der Waals surface area contributed by atoms with Crippen LogP contribution in [0, 0.1) is 0 Å². The second kappa shape index (κ2) is 6.47. The SMILES string of the molecule is O=C1c2ccccc2C(=O)N1CN1CCN(Cc2ccsc2)CC1. The first-order valence-corrected chi connectivity index (χ1v) is 9.07. The fourth-order valence-corrected chi connectivity index (χ4v) is 3.96. The van der Waals surface area contributed by atoms with Crippen molar-refractivity contribution in [3.05, 3.63) is 57.8 Å². The van der Waals surface area contributed by atoms with Crippen LogP contribution in [0.2, 0.25) is 0 Å². The minimum atomic E-state index is -0.170. The van der Waals surface area contributed by atoms with Gasteiger partial charge in [-0.1, -0.05) is 12.1 Å². The van der Waals surface area contributed by atoms with Gasteiger partial charge in [-0.2, -0.15) is 11.3 Å². The predicted molar refractivity (Wildman–Crippen MR) is 93.0 cm³/mol. The van der Waals surface area contributed by atoms with E-state index in [0.717, 1.165) is 32.7 Å². The quantitative estimate of drug-likeness (QED) is 0.799. The monoisotopic (exact) mass is 341 g/mol. The zero-order chi connectivity index (χ0) is 16.5. The summed E-state index contributed by atoms with van der Waals surface area (Å²) in [6.07, 6.45) is 0. The van der Waals surface area contributed by atoms with Crippen molar-refractivity contribution >= 4 is 23.2 Å². The molecule has 2 aliphatic rings. The molecule has 1 aromatic heterocycles. The number of amides is 2. The molecule has 1 saturated heterocycles. The number of fused-ring (bicyclic) bond motifs is 1. The number of rotatable bonds is 4. The number of imide groups is 1. The molecule has 0 spiro atoms. The molecule has 6 heteroatoms. The minimum Gasteiger partial charge on any atom is -0.297 e. The van der Waals surface area contributed by atoms with Gasteiger partial charge in [-0.05, 0) is 34.5 Å². The average Bonchev–Trinajstić information content (AvgIpc) is 3.20. The van der Waals surface area contributed by atoms with Gasteiger partial charge in [0.1, 0.15) is 0 Å². The van der Waals surface area contributed by atoms with Crippen LogP contribution in [0.5, 0.6) is 0 Å². The Morgan fingerprint density at radius 3 is 2.08 bits per heavy atom. The van der Waals surface area contributed by atoms with E-state index in [2.05, 4.69) is 26.6 Å². The molecule has 0 saturated carbocycles. The Morgan fingerprint density at radius 2 is 1.50 bits per heavy atom. The second-order valence-electron chi connectivity index (χ2n) is 6.25. The van der Waals surface area contributed by atoms with Gasteiger partial charge in [-0.3, -0.25) is 24.3 Å². The fourth-order valence-electron chi connectivity index (χ4n) is 3.30. The highest BCUT2D eigenvalue weighted by molar-refractivity contribution is 7.07.